The van der Waals surface area contributed by atoms with Crippen molar-refractivity contribution in [3.8, 4) is 0 Å². The number of rotatable bonds is 3. The Hall–Kier alpha value is -1.36. The SMILES string of the molecule is O=S(=O)(c1ccccc1)N1CCC1c1cccc(Cl)c1. The van der Waals surface area contributed by atoms with Gasteiger partial charge in [0.25, 0.3) is 0 Å². The summed E-state index contributed by atoms with van der Waals surface area (Å²) >= 11 is 5.98. The molecular weight excluding hydrogens is 294 g/mol. The van der Waals surface area contributed by atoms with Crippen molar-refractivity contribution in [2.24, 2.45) is 0 Å². The highest BCUT2D eigenvalue weighted by Gasteiger charge is 2.39. The molecule has 3 rings (SSSR count). The molecule has 1 aliphatic rings. The van der Waals surface area contributed by atoms with Gasteiger partial charge in [0, 0.05) is 11.6 Å². The molecule has 1 unspecified atom stereocenters. The van der Waals surface area contributed by atoms with Crippen LogP contribution >= 0.6 is 11.6 Å². The van der Waals surface area contributed by atoms with Crippen molar-refractivity contribution in [2.75, 3.05) is 6.54 Å². The van der Waals surface area contributed by atoms with Gasteiger partial charge in [-0.3, -0.25) is 0 Å². The van der Waals surface area contributed by atoms with Gasteiger partial charge in [0.1, 0.15) is 0 Å². The van der Waals surface area contributed by atoms with Crippen LogP contribution in [0.2, 0.25) is 5.02 Å². The fraction of sp³-hybridized carbons (Fsp3) is 0.200. The molecule has 0 amide bonds. The summed E-state index contributed by atoms with van der Waals surface area (Å²) in [6.07, 6.45) is 0.826. The van der Waals surface area contributed by atoms with Crippen LogP contribution in [0.5, 0.6) is 0 Å². The van der Waals surface area contributed by atoms with E-state index in [9.17, 15) is 8.42 Å². The third-order valence-electron chi connectivity index (χ3n) is 3.55. The first kappa shape index (κ1) is 13.6. The van der Waals surface area contributed by atoms with Crippen LogP contribution in [0.3, 0.4) is 0 Å². The minimum Gasteiger partial charge on any atom is -0.207 e. The largest absolute Gasteiger partial charge is 0.243 e. The number of nitrogens with zero attached hydrogens (tertiary/aromatic N) is 1. The monoisotopic (exact) mass is 307 g/mol. The van der Waals surface area contributed by atoms with Crippen molar-refractivity contribution in [3.63, 3.8) is 0 Å². The van der Waals surface area contributed by atoms with E-state index in [4.69, 9.17) is 11.6 Å². The van der Waals surface area contributed by atoms with E-state index in [-0.39, 0.29) is 6.04 Å². The molecule has 3 nitrogen and oxygen atoms in total. The zero-order valence-electron chi connectivity index (χ0n) is 10.7. The summed E-state index contributed by atoms with van der Waals surface area (Å²) in [5.41, 5.74) is 0.947. The van der Waals surface area contributed by atoms with E-state index < -0.39 is 10.0 Å². The molecule has 104 valence electrons. The molecule has 2 aromatic rings. The molecule has 2 aromatic carbocycles. The number of hydrogen-bond acceptors (Lipinski definition) is 2. The van der Waals surface area contributed by atoms with Crippen LogP contribution in [0, 0.1) is 0 Å². The molecule has 1 fully saturated rings. The zero-order valence-corrected chi connectivity index (χ0v) is 12.3. The smallest absolute Gasteiger partial charge is 0.207 e. The second kappa shape index (κ2) is 5.20. The highest BCUT2D eigenvalue weighted by atomic mass is 35.5. The van der Waals surface area contributed by atoms with E-state index in [0.717, 1.165) is 12.0 Å². The lowest BCUT2D eigenvalue weighted by molar-refractivity contribution is 0.202. The standard InChI is InChI=1S/C15H14ClNO2S/c16-13-6-4-5-12(11-13)15-9-10-17(15)20(18,19)14-7-2-1-3-8-14/h1-8,11,15H,9-10H2. The average molecular weight is 308 g/mol. The molecule has 0 spiro atoms. The maximum absolute atomic E-state index is 12.6. The lowest BCUT2D eigenvalue weighted by atomic mass is 9.98. The Labute approximate surface area is 123 Å². The zero-order chi connectivity index (χ0) is 14.2. The minimum absolute atomic E-state index is 0.112. The molecule has 1 atom stereocenters. The first-order valence-corrected chi connectivity index (χ1v) is 8.23. The Balaban J connectivity index is 1.92. The van der Waals surface area contributed by atoms with Gasteiger partial charge in [-0.05, 0) is 36.2 Å². The average Bonchev–Trinajstić information content (AvgIpc) is 2.38. The summed E-state index contributed by atoms with van der Waals surface area (Å²) in [4.78, 5) is 0.340. The normalized spacial score (nSPS) is 19.6. The van der Waals surface area contributed by atoms with E-state index in [1.807, 2.05) is 24.3 Å². The molecule has 5 heteroatoms. The summed E-state index contributed by atoms with van der Waals surface area (Å²) in [5, 5.41) is 0.631. The Morgan fingerprint density at radius 2 is 1.80 bits per heavy atom. The Morgan fingerprint density at radius 1 is 1.05 bits per heavy atom. The maximum atomic E-state index is 12.6. The van der Waals surface area contributed by atoms with Gasteiger partial charge in [0.2, 0.25) is 10.0 Å². The maximum Gasteiger partial charge on any atom is 0.243 e. The van der Waals surface area contributed by atoms with Crippen LogP contribution < -0.4 is 0 Å². The van der Waals surface area contributed by atoms with E-state index in [1.54, 1.807) is 30.3 Å². The predicted molar refractivity (Wildman–Crippen MR) is 79.1 cm³/mol. The van der Waals surface area contributed by atoms with E-state index in [1.165, 1.54) is 4.31 Å². The number of halogens is 1. The molecule has 1 saturated heterocycles. The number of hydrogen-bond donors (Lipinski definition) is 0. The van der Waals surface area contributed by atoms with Crippen LogP contribution in [0.4, 0.5) is 0 Å². The minimum atomic E-state index is -3.42. The van der Waals surface area contributed by atoms with Crippen LogP contribution in [0.25, 0.3) is 0 Å². The molecule has 0 N–H and O–H groups in total. The van der Waals surface area contributed by atoms with E-state index in [2.05, 4.69) is 0 Å². The van der Waals surface area contributed by atoms with Gasteiger partial charge in [0.15, 0.2) is 0 Å². The van der Waals surface area contributed by atoms with Crippen molar-refractivity contribution in [3.05, 3.63) is 65.2 Å². The Bertz CT molecular complexity index is 716. The first-order valence-electron chi connectivity index (χ1n) is 6.41. The predicted octanol–water partition coefficient (Wildman–Crippen LogP) is 3.48. The lowest BCUT2D eigenvalue weighted by Gasteiger charge is -2.40. The summed E-state index contributed by atoms with van der Waals surface area (Å²) in [6, 6.07) is 15.8. The summed E-state index contributed by atoms with van der Waals surface area (Å²) in [5.74, 6) is 0. The highest BCUT2D eigenvalue weighted by Crippen LogP contribution is 2.38. The number of sulfonamides is 1. The second-order valence-corrected chi connectivity index (χ2v) is 7.12. The molecule has 0 radical (unpaired) electrons. The van der Waals surface area contributed by atoms with Crippen LogP contribution in [0.15, 0.2) is 59.5 Å². The lowest BCUT2D eigenvalue weighted by Crippen LogP contribution is -2.44. The van der Waals surface area contributed by atoms with Gasteiger partial charge >= 0.3 is 0 Å². The van der Waals surface area contributed by atoms with Crippen molar-refractivity contribution in [1.29, 1.82) is 0 Å². The van der Waals surface area contributed by atoms with Crippen LogP contribution in [-0.2, 0) is 10.0 Å². The van der Waals surface area contributed by atoms with Crippen molar-refractivity contribution < 1.29 is 8.42 Å². The van der Waals surface area contributed by atoms with Crippen molar-refractivity contribution in [2.45, 2.75) is 17.4 Å². The molecule has 1 aliphatic heterocycles. The third kappa shape index (κ3) is 2.35. The van der Waals surface area contributed by atoms with Gasteiger partial charge < -0.3 is 0 Å². The Morgan fingerprint density at radius 3 is 2.40 bits per heavy atom. The second-order valence-electron chi connectivity index (χ2n) is 4.79. The number of benzene rings is 2. The molecule has 0 saturated carbocycles. The summed E-state index contributed by atoms with van der Waals surface area (Å²) in [7, 11) is -3.42. The molecule has 0 bridgehead atoms. The first-order chi connectivity index (χ1) is 9.59. The molecule has 0 aromatic heterocycles. The van der Waals surface area contributed by atoms with Crippen molar-refractivity contribution in [1.82, 2.24) is 4.31 Å². The molecular formula is C15H14ClNO2S. The van der Waals surface area contributed by atoms with Gasteiger partial charge in [-0.1, -0.05) is 41.9 Å². The fourth-order valence-electron chi connectivity index (χ4n) is 2.43. The van der Waals surface area contributed by atoms with Gasteiger partial charge in [-0.25, -0.2) is 8.42 Å². The Kier molecular flexibility index (Phi) is 3.54. The van der Waals surface area contributed by atoms with Crippen LogP contribution in [-0.4, -0.2) is 19.3 Å². The fourth-order valence-corrected chi connectivity index (χ4v) is 4.30. The topological polar surface area (TPSA) is 37.4 Å². The summed E-state index contributed by atoms with van der Waals surface area (Å²) in [6.45, 7) is 0.550. The molecule has 0 aliphatic carbocycles. The molecule has 20 heavy (non-hydrogen) atoms. The van der Waals surface area contributed by atoms with E-state index >= 15 is 0 Å². The van der Waals surface area contributed by atoms with Gasteiger partial charge in [-0.2, -0.15) is 4.31 Å². The van der Waals surface area contributed by atoms with Gasteiger partial charge in [-0.15, -0.1) is 0 Å². The quantitative estimate of drug-likeness (QED) is 0.870. The van der Waals surface area contributed by atoms with E-state index in [0.29, 0.717) is 16.5 Å². The summed E-state index contributed by atoms with van der Waals surface area (Å²) < 4.78 is 26.7. The molecule has 1 heterocycles. The van der Waals surface area contributed by atoms with Gasteiger partial charge in [0.05, 0.1) is 10.9 Å². The van der Waals surface area contributed by atoms with Crippen LogP contribution in [0.1, 0.15) is 18.0 Å². The third-order valence-corrected chi connectivity index (χ3v) is 5.71. The van der Waals surface area contributed by atoms with Crippen molar-refractivity contribution >= 4 is 21.6 Å². The highest BCUT2D eigenvalue weighted by molar-refractivity contribution is 7.89.